The monoisotopic (exact) mass is 373 g/mol. The topological polar surface area (TPSA) is 12.0 Å². The van der Waals surface area contributed by atoms with Crippen molar-refractivity contribution in [3.05, 3.63) is 84.0 Å². The first-order valence-corrected chi connectivity index (χ1v) is 9.10. The molecule has 2 aromatic carbocycles. The minimum atomic E-state index is -4.27. The Bertz CT molecular complexity index is 826. The van der Waals surface area contributed by atoms with Gasteiger partial charge in [0, 0.05) is 11.6 Å². The summed E-state index contributed by atoms with van der Waals surface area (Å²) in [5.74, 6) is 0. The van der Waals surface area contributed by atoms with Crippen LogP contribution in [0.1, 0.15) is 38.3 Å². The summed E-state index contributed by atoms with van der Waals surface area (Å²) in [4.78, 5) is 0. The van der Waals surface area contributed by atoms with Crippen LogP contribution in [0.15, 0.2) is 78.4 Å². The molecule has 0 saturated carbocycles. The van der Waals surface area contributed by atoms with E-state index >= 15 is 0 Å². The van der Waals surface area contributed by atoms with E-state index in [4.69, 9.17) is 0 Å². The molecule has 1 unspecified atom stereocenters. The maximum Gasteiger partial charge on any atom is 0.412 e. The van der Waals surface area contributed by atoms with Gasteiger partial charge >= 0.3 is 6.18 Å². The van der Waals surface area contributed by atoms with Gasteiger partial charge in [0.15, 0.2) is 0 Å². The summed E-state index contributed by atoms with van der Waals surface area (Å²) >= 11 is 0. The molecule has 0 aliphatic rings. The van der Waals surface area contributed by atoms with E-state index in [2.05, 4.69) is 49.2 Å². The Morgan fingerprint density at radius 3 is 2.59 bits per heavy atom. The molecular weight excluding hydrogens is 347 g/mol. The van der Waals surface area contributed by atoms with E-state index in [0.29, 0.717) is 0 Å². The molecule has 0 heterocycles. The highest BCUT2D eigenvalue weighted by atomic mass is 19.4. The molecule has 0 aromatic heterocycles. The standard InChI is InChI=1S/C23H26F3N/c1-17(9-6-11-18(2)23(24,25)26)10-8-16-27-19(3)21-15-7-13-20-12-4-5-14-22(20)21/h4-7,9,11-15,19,27H,1,8,10,16H2,2-3H3/b9-6-,18-11+. The summed E-state index contributed by atoms with van der Waals surface area (Å²) in [6, 6.07) is 14.9. The third-order valence-electron chi connectivity index (χ3n) is 4.54. The molecule has 27 heavy (non-hydrogen) atoms. The first kappa shape index (κ1) is 21.0. The number of halogens is 3. The minimum absolute atomic E-state index is 0.220. The van der Waals surface area contributed by atoms with Crippen molar-refractivity contribution in [2.45, 2.75) is 38.9 Å². The largest absolute Gasteiger partial charge is 0.412 e. The molecular formula is C23H26F3N. The number of hydrogen-bond acceptors (Lipinski definition) is 1. The SMILES string of the molecule is C=C(/C=C\C=C(/C)C(F)(F)F)CCCNC(C)c1cccc2ccccc12. The second-order valence-electron chi connectivity index (χ2n) is 6.71. The fraction of sp³-hybridized carbons (Fsp3) is 0.304. The average molecular weight is 373 g/mol. The van der Waals surface area contributed by atoms with Crippen molar-refractivity contribution < 1.29 is 13.2 Å². The molecule has 0 spiro atoms. The minimum Gasteiger partial charge on any atom is -0.310 e. The highest BCUT2D eigenvalue weighted by molar-refractivity contribution is 5.86. The normalized spacial score (nSPS) is 14.0. The van der Waals surface area contributed by atoms with E-state index < -0.39 is 11.7 Å². The summed E-state index contributed by atoms with van der Waals surface area (Å²) in [7, 11) is 0. The van der Waals surface area contributed by atoms with Gasteiger partial charge in [-0.05, 0) is 49.6 Å². The van der Waals surface area contributed by atoms with Gasteiger partial charge in [-0.15, -0.1) is 0 Å². The number of fused-ring (bicyclic) bond motifs is 1. The molecule has 0 fully saturated rings. The number of nitrogens with one attached hydrogen (secondary N) is 1. The second-order valence-corrected chi connectivity index (χ2v) is 6.71. The van der Waals surface area contributed by atoms with E-state index in [0.717, 1.165) is 38.0 Å². The molecule has 0 saturated heterocycles. The van der Waals surface area contributed by atoms with E-state index in [1.807, 2.05) is 12.1 Å². The third-order valence-corrected chi connectivity index (χ3v) is 4.54. The molecule has 1 N–H and O–H groups in total. The molecule has 2 rings (SSSR count). The summed E-state index contributed by atoms with van der Waals surface area (Å²) in [5, 5.41) is 5.99. The molecule has 0 aliphatic heterocycles. The Hall–Kier alpha value is -2.33. The van der Waals surface area contributed by atoms with Gasteiger partial charge in [-0.3, -0.25) is 0 Å². The first-order chi connectivity index (χ1) is 12.8. The lowest BCUT2D eigenvalue weighted by molar-refractivity contribution is -0.0912. The van der Waals surface area contributed by atoms with Gasteiger partial charge < -0.3 is 5.32 Å². The molecule has 0 bridgehead atoms. The summed E-state index contributed by atoms with van der Waals surface area (Å²) < 4.78 is 37.2. The van der Waals surface area contributed by atoms with Crippen LogP contribution in [0.5, 0.6) is 0 Å². The zero-order chi connectivity index (χ0) is 19.9. The van der Waals surface area contributed by atoms with Crippen LogP contribution in [-0.2, 0) is 0 Å². The highest BCUT2D eigenvalue weighted by Gasteiger charge is 2.29. The van der Waals surface area contributed by atoms with Crippen LogP contribution >= 0.6 is 0 Å². The first-order valence-electron chi connectivity index (χ1n) is 9.10. The maximum absolute atomic E-state index is 12.4. The van der Waals surface area contributed by atoms with Crippen molar-refractivity contribution in [3.8, 4) is 0 Å². The van der Waals surface area contributed by atoms with Gasteiger partial charge in [-0.1, -0.05) is 72.8 Å². The lowest BCUT2D eigenvalue weighted by Gasteiger charge is -2.16. The van der Waals surface area contributed by atoms with E-state index in [1.165, 1.54) is 22.4 Å². The average Bonchev–Trinajstić information content (AvgIpc) is 2.63. The Kier molecular flexibility index (Phi) is 7.43. The summed E-state index contributed by atoms with van der Waals surface area (Å²) in [6.07, 6.45) is 1.48. The van der Waals surface area contributed by atoms with Gasteiger partial charge in [0.1, 0.15) is 0 Å². The molecule has 0 radical (unpaired) electrons. The van der Waals surface area contributed by atoms with Crippen LogP contribution in [0.25, 0.3) is 10.8 Å². The van der Waals surface area contributed by atoms with Crippen molar-refractivity contribution in [1.82, 2.24) is 5.32 Å². The molecule has 0 amide bonds. The number of hydrogen-bond donors (Lipinski definition) is 1. The Labute approximate surface area is 159 Å². The molecule has 0 aliphatic carbocycles. The Morgan fingerprint density at radius 2 is 1.85 bits per heavy atom. The van der Waals surface area contributed by atoms with Gasteiger partial charge in [-0.2, -0.15) is 13.2 Å². The molecule has 4 heteroatoms. The predicted octanol–water partition coefficient (Wildman–Crippen LogP) is 6.89. The predicted molar refractivity (Wildman–Crippen MR) is 108 cm³/mol. The van der Waals surface area contributed by atoms with E-state index in [9.17, 15) is 13.2 Å². The zero-order valence-electron chi connectivity index (χ0n) is 15.8. The summed E-state index contributed by atoms with van der Waals surface area (Å²) in [5.41, 5.74) is 1.47. The van der Waals surface area contributed by atoms with E-state index in [1.54, 1.807) is 6.08 Å². The number of alkyl halides is 3. The number of benzene rings is 2. The van der Waals surface area contributed by atoms with Gasteiger partial charge in [0.25, 0.3) is 0 Å². The van der Waals surface area contributed by atoms with Crippen molar-refractivity contribution >= 4 is 10.8 Å². The molecule has 1 nitrogen and oxygen atoms in total. The van der Waals surface area contributed by atoms with Crippen LogP contribution in [0.3, 0.4) is 0 Å². The lowest BCUT2D eigenvalue weighted by atomic mass is 9.99. The van der Waals surface area contributed by atoms with Crippen LogP contribution in [-0.4, -0.2) is 12.7 Å². The van der Waals surface area contributed by atoms with Gasteiger partial charge in [0.2, 0.25) is 0 Å². The van der Waals surface area contributed by atoms with Crippen LogP contribution < -0.4 is 5.32 Å². The van der Waals surface area contributed by atoms with Crippen LogP contribution in [0.2, 0.25) is 0 Å². The Balaban J connectivity index is 1.80. The number of allylic oxidation sites excluding steroid dienone is 5. The molecule has 144 valence electrons. The zero-order valence-corrected chi connectivity index (χ0v) is 15.8. The molecule has 1 atom stereocenters. The van der Waals surface area contributed by atoms with Crippen molar-refractivity contribution in [3.63, 3.8) is 0 Å². The maximum atomic E-state index is 12.4. The molecule has 2 aromatic rings. The fourth-order valence-corrected chi connectivity index (χ4v) is 2.88. The van der Waals surface area contributed by atoms with Crippen molar-refractivity contribution in [2.24, 2.45) is 0 Å². The van der Waals surface area contributed by atoms with E-state index in [-0.39, 0.29) is 6.04 Å². The van der Waals surface area contributed by atoms with Crippen molar-refractivity contribution in [2.75, 3.05) is 6.54 Å². The summed E-state index contributed by atoms with van der Waals surface area (Å²) in [6.45, 7) is 7.92. The van der Waals surface area contributed by atoms with Gasteiger partial charge in [0.05, 0.1) is 0 Å². The smallest absolute Gasteiger partial charge is 0.310 e. The fourth-order valence-electron chi connectivity index (χ4n) is 2.88. The highest BCUT2D eigenvalue weighted by Crippen LogP contribution is 2.25. The third kappa shape index (κ3) is 6.40. The quantitative estimate of drug-likeness (QED) is 0.392. The lowest BCUT2D eigenvalue weighted by Crippen LogP contribution is -2.20. The van der Waals surface area contributed by atoms with Gasteiger partial charge in [-0.25, -0.2) is 0 Å². The van der Waals surface area contributed by atoms with Crippen LogP contribution in [0.4, 0.5) is 13.2 Å². The second kappa shape index (κ2) is 9.56. The van der Waals surface area contributed by atoms with Crippen molar-refractivity contribution in [1.29, 1.82) is 0 Å². The number of rotatable bonds is 8. The van der Waals surface area contributed by atoms with Crippen LogP contribution in [0, 0.1) is 0 Å². The Morgan fingerprint density at radius 1 is 1.15 bits per heavy atom.